The molecule has 0 unspecified atom stereocenters. The summed E-state index contributed by atoms with van der Waals surface area (Å²) in [5, 5.41) is 8.47. The van der Waals surface area contributed by atoms with E-state index in [1.807, 2.05) is 31.2 Å². The predicted octanol–water partition coefficient (Wildman–Crippen LogP) is 8.05. The SMILES string of the molecule is CCOC(=O)c1c(CCCOc2cccc3ccccc23)c2cccc3c2n1CCCCOCc1nn(CC)c(C2CC2)c1-3. The molecule has 3 aromatic carbocycles. The van der Waals surface area contributed by atoms with E-state index in [1.165, 1.54) is 29.5 Å². The van der Waals surface area contributed by atoms with Gasteiger partial charge < -0.3 is 18.8 Å². The molecule has 5 aromatic rings. The van der Waals surface area contributed by atoms with Crippen LogP contribution in [-0.2, 0) is 35.6 Å². The van der Waals surface area contributed by atoms with Crippen LogP contribution in [0.5, 0.6) is 5.75 Å². The smallest absolute Gasteiger partial charge is 0.355 e. The Kier molecular flexibility index (Phi) is 8.13. The Balaban J connectivity index is 1.32. The monoisotopic (exact) mass is 591 g/mol. The van der Waals surface area contributed by atoms with E-state index in [-0.39, 0.29) is 5.97 Å². The number of benzene rings is 3. The molecule has 0 radical (unpaired) electrons. The normalized spacial score (nSPS) is 15.2. The minimum Gasteiger partial charge on any atom is -0.493 e. The molecule has 1 saturated carbocycles. The average molecular weight is 592 g/mol. The van der Waals surface area contributed by atoms with E-state index in [0.717, 1.165) is 71.2 Å². The molecule has 2 aliphatic rings. The number of esters is 1. The van der Waals surface area contributed by atoms with E-state index >= 15 is 0 Å². The molecule has 2 aromatic heterocycles. The Labute approximate surface area is 258 Å². The van der Waals surface area contributed by atoms with E-state index < -0.39 is 0 Å². The van der Waals surface area contributed by atoms with Crippen molar-refractivity contribution in [2.24, 2.45) is 0 Å². The number of carbonyl (C=O) groups excluding carboxylic acids is 1. The maximum Gasteiger partial charge on any atom is 0.355 e. The Hall–Kier alpha value is -4.10. The third kappa shape index (κ3) is 5.28. The zero-order valence-electron chi connectivity index (χ0n) is 25.8. The molecule has 1 fully saturated rings. The van der Waals surface area contributed by atoms with E-state index in [9.17, 15) is 4.79 Å². The molecule has 44 heavy (non-hydrogen) atoms. The summed E-state index contributed by atoms with van der Waals surface area (Å²) in [5.41, 5.74) is 7.49. The fourth-order valence-corrected chi connectivity index (χ4v) is 6.92. The van der Waals surface area contributed by atoms with Crippen molar-refractivity contribution in [1.29, 1.82) is 0 Å². The number of rotatable bonds is 9. The van der Waals surface area contributed by atoms with Crippen molar-refractivity contribution in [2.45, 2.75) is 78.0 Å². The second-order valence-corrected chi connectivity index (χ2v) is 11.9. The molecular weight excluding hydrogens is 550 g/mol. The van der Waals surface area contributed by atoms with Gasteiger partial charge in [0.2, 0.25) is 0 Å². The molecule has 0 spiro atoms. The molecule has 0 bridgehead atoms. The number of para-hydroxylation sites is 1. The largest absolute Gasteiger partial charge is 0.493 e. The summed E-state index contributed by atoms with van der Waals surface area (Å²) >= 11 is 0. The molecular formula is C37H41N3O4. The maximum atomic E-state index is 13.7. The van der Waals surface area contributed by atoms with Crippen LogP contribution < -0.4 is 4.74 Å². The highest BCUT2D eigenvalue weighted by Gasteiger charge is 2.35. The number of fused-ring (bicyclic) bond motifs is 3. The first-order chi connectivity index (χ1) is 21.7. The Morgan fingerprint density at radius 3 is 2.66 bits per heavy atom. The first kappa shape index (κ1) is 28.7. The van der Waals surface area contributed by atoms with E-state index in [4.69, 9.17) is 19.3 Å². The van der Waals surface area contributed by atoms with Gasteiger partial charge in [-0.15, -0.1) is 0 Å². The van der Waals surface area contributed by atoms with Crippen molar-refractivity contribution in [3.05, 3.63) is 83.3 Å². The van der Waals surface area contributed by atoms with E-state index in [1.54, 1.807) is 0 Å². The molecule has 0 amide bonds. The van der Waals surface area contributed by atoms with Crippen molar-refractivity contribution in [1.82, 2.24) is 14.3 Å². The van der Waals surface area contributed by atoms with Crippen molar-refractivity contribution in [3.63, 3.8) is 0 Å². The first-order valence-corrected chi connectivity index (χ1v) is 16.3. The van der Waals surface area contributed by atoms with Gasteiger partial charge in [0.25, 0.3) is 0 Å². The predicted molar refractivity (Wildman–Crippen MR) is 173 cm³/mol. The third-order valence-corrected chi connectivity index (χ3v) is 8.99. The second-order valence-electron chi connectivity index (χ2n) is 11.9. The minimum absolute atomic E-state index is 0.252. The molecule has 0 saturated heterocycles. The standard InChI is InChI=1S/C37H41N3O4/c1-3-40-34(26-19-20-26)33-30-16-10-15-28-29(17-11-23-44-32-18-9-13-25-12-5-6-14-27(25)32)36(37(41)43-4-2)39(35(28)30)21-7-8-22-42-24-31(33)38-40/h5-6,9-10,12-16,18,26H,3-4,7-8,11,17,19-24H2,1-2H3. The van der Waals surface area contributed by atoms with Gasteiger partial charge >= 0.3 is 5.97 Å². The van der Waals surface area contributed by atoms with Gasteiger partial charge in [0, 0.05) is 53.2 Å². The van der Waals surface area contributed by atoms with E-state index in [0.29, 0.717) is 44.5 Å². The van der Waals surface area contributed by atoms with Crippen LogP contribution in [0.1, 0.15) is 79.3 Å². The molecule has 3 heterocycles. The molecule has 1 aliphatic heterocycles. The number of ether oxygens (including phenoxy) is 3. The average Bonchev–Trinajstić information content (AvgIpc) is 3.75. The highest BCUT2D eigenvalue weighted by Crippen LogP contribution is 2.48. The lowest BCUT2D eigenvalue weighted by atomic mass is 9.96. The summed E-state index contributed by atoms with van der Waals surface area (Å²) in [6.07, 6.45) is 5.69. The Morgan fingerprint density at radius 2 is 1.82 bits per heavy atom. The van der Waals surface area contributed by atoms with Crippen LogP contribution in [-0.4, -0.2) is 40.1 Å². The topological polar surface area (TPSA) is 67.5 Å². The molecule has 7 heteroatoms. The summed E-state index contributed by atoms with van der Waals surface area (Å²) in [5.74, 6) is 1.16. The highest BCUT2D eigenvalue weighted by atomic mass is 16.5. The van der Waals surface area contributed by atoms with Crippen LogP contribution in [0.4, 0.5) is 0 Å². The number of nitrogens with zero attached hydrogens (tertiary/aromatic N) is 3. The fourth-order valence-electron chi connectivity index (χ4n) is 6.92. The quantitative estimate of drug-likeness (QED) is 0.128. The molecule has 7 nitrogen and oxygen atoms in total. The highest BCUT2D eigenvalue weighted by molar-refractivity contribution is 6.05. The maximum absolute atomic E-state index is 13.7. The first-order valence-electron chi connectivity index (χ1n) is 16.3. The van der Waals surface area contributed by atoms with Gasteiger partial charge in [-0.3, -0.25) is 4.68 Å². The van der Waals surface area contributed by atoms with Crippen LogP contribution >= 0.6 is 0 Å². The van der Waals surface area contributed by atoms with Crippen molar-refractivity contribution < 1.29 is 19.0 Å². The zero-order chi connectivity index (χ0) is 30.0. The summed E-state index contributed by atoms with van der Waals surface area (Å²) in [6.45, 7) is 7.66. The van der Waals surface area contributed by atoms with Crippen molar-refractivity contribution in [2.75, 3.05) is 19.8 Å². The van der Waals surface area contributed by atoms with Gasteiger partial charge in [-0.05, 0) is 69.4 Å². The van der Waals surface area contributed by atoms with Crippen LogP contribution in [0.2, 0.25) is 0 Å². The van der Waals surface area contributed by atoms with Crippen LogP contribution in [0.15, 0.2) is 60.7 Å². The second kappa shape index (κ2) is 12.5. The number of hydrogen-bond donors (Lipinski definition) is 0. The van der Waals surface area contributed by atoms with Gasteiger partial charge in [0.1, 0.15) is 11.4 Å². The van der Waals surface area contributed by atoms with Gasteiger partial charge in [0.05, 0.1) is 31.0 Å². The molecule has 228 valence electrons. The van der Waals surface area contributed by atoms with Gasteiger partial charge in [-0.2, -0.15) is 5.10 Å². The van der Waals surface area contributed by atoms with Gasteiger partial charge in [0.15, 0.2) is 0 Å². The van der Waals surface area contributed by atoms with Crippen LogP contribution in [0.3, 0.4) is 0 Å². The number of aromatic nitrogens is 3. The lowest BCUT2D eigenvalue weighted by molar-refractivity contribution is 0.0512. The van der Waals surface area contributed by atoms with Crippen molar-refractivity contribution in [3.8, 4) is 16.9 Å². The number of carbonyl (C=O) groups is 1. The van der Waals surface area contributed by atoms with Crippen LogP contribution in [0, 0.1) is 0 Å². The molecule has 0 atom stereocenters. The lowest BCUT2D eigenvalue weighted by Crippen LogP contribution is -2.15. The minimum atomic E-state index is -0.252. The fraction of sp³-hybridized carbons (Fsp3) is 0.405. The molecule has 1 aliphatic carbocycles. The lowest BCUT2D eigenvalue weighted by Gasteiger charge is -2.14. The summed E-state index contributed by atoms with van der Waals surface area (Å²) in [4.78, 5) is 13.7. The Bertz CT molecular complexity index is 1810. The van der Waals surface area contributed by atoms with E-state index in [2.05, 4.69) is 52.6 Å². The molecule has 7 rings (SSSR count). The third-order valence-electron chi connectivity index (χ3n) is 8.99. The van der Waals surface area contributed by atoms with Gasteiger partial charge in [-0.25, -0.2) is 4.79 Å². The van der Waals surface area contributed by atoms with Crippen LogP contribution in [0.25, 0.3) is 32.8 Å². The number of aryl methyl sites for hydroxylation is 3. The zero-order valence-corrected chi connectivity index (χ0v) is 25.8. The summed E-state index contributed by atoms with van der Waals surface area (Å²) in [6, 6.07) is 21.0. The summed E-state index contributed by atoms with van der Waals surface area (Å²) in [7, 11) is 0. The van der Waals surface area contributed by atoms with Gasteiger partial charge in [-0.1, -0.05) is 54.6 Å². The molecule has 0 N–H and O–H groups in total. The summed E-state index contributed by atoms with van der Waals surface area (Å²) < 4.78 is 22.6. The number of hydrogen-bond acceptors (Lipinski definition) is 5. The van der Waals surface area contributed by atoms with Crippen molar-refractivity contribution >= 4 is 27.6 Å². The Morgan fingerprint density at radius 1 is 1.00 bits per heavy atom.